The zero-order valence-electron chi connectivity index (χ0n) is 11.0. The van der Waals surface area contributed by atoms with Crippen molar-refractivity contribution >= 4 is 0 Å². The Morgan fingerprint density at radius 1 is 1.00 bits per heavy atom. The maximum atomic E-state index is 13.4. The summed E-state index contributed by atoms with van der Waals surface area (Å²) in [4.78, 5) is 0. The normalized spacial score (nSPS) is 10.4. The fourth-order valence-electron chi connectivity index (χ4n) is 2.15. The van der Waals surface area contributed by atoms with E-state index < -0.39 is 0 Å². The van der Waals surface area contributed by atoms with Crippen LogP contribution in [0.2, 0.25) is 0 Å². The van der Waals surface area contributed by atoms with Gasteiger partial charge in [0.05, 0.1) is 0 Å². The van der Waals surface area contributed by atoms with Crippen molar-refractivity contribution in [1.82, 2.24) is 0 Å². The second-order valence-electron chi connectivity index (χ2n) is 4.60. The van der Waals surface area contributed by atoms with Crippen LogP contribution in [0.5, 0.6) is 5.75 Å². The highest BCUT2D eigenvalue weighted by Crippen LogP contribution is 2.21. The Balaban J connectivity index is 2.19. The standard InChI is InChI=1S/C16H17FO/c1-11-8-12(2)14(13(3)9-11)10-18-16-7-5-4-6-15(16)17/h4-9H,10H2,1-3H3. The van der Waals surface area contributed by atoms with Gasteiger partial charge in [-0.25, -0.2) is 4.39 Å². The van der Waals surface area contributed by atoms with E-state index in [1.807, 2.05) is 0 Å². The van der Waals surface area contributed by atoms with E-state index in [9.17, 15) is 4.39 Å². The minimum absolute atomic E-state index is 0.303. The number of ether oxygens (including phenoxy) is 1. The average molecular weight is 244 g/mol. The van der Waals surface area contributed by atoms with Crippen molar-refractivity contribution in [3.05, 3.63) is 64.5 Å². The molecule has 0 radical (unpaired) electrons. The minimum atomic E-state index is -0.320. The van der Waals surface area contributed by atoms with Gasteiger partial charge in [-0.1, -0.05) is 29.8 Å². The van der Waals surface area contributed by atoms with Crippen LogP contribution in [0.4, 0.5) is 4.39 Å². The van der Waals surface area contributed by atoms with E-state index in [4.69, 9.17) is 4.74 Å². The number of para-hydroxylation sites is 1. The lowest BCUT2D eigenvalue weighted by Gasteiger charge is -2.13. The molecule has 2 aromatic rings. The van der Waals surface area contributed by atoms with E-state index in [0.29, 0.717) is 12.4 Å². The maximum absolute atomic E-state index is 13.4. The van der Waals surface area contributed by atoms with Gasteiger partial charge in [-0.2, -0.15) is 0 Å². The SMILES string of the molecule is Cc1cc(C)c(COc2ccccc2F)c(C)c1. The third-order valence-corrected chi connectivity index (χ3v) is 3.05. The molecule has 94 valence electrons. The van der Waals surface area contributed by atoms with Gasteiger partial charge in [-0.15, -0.1) is 0 Å². The number of benzene rings is 2. The molecule has 1 nitrogen and oxygen atoms in total. The average Bonchev–Trinajstić information content (AvgIpc) is 2.30. The monoisotopic (exact) mass is 244 g/mol. The van der Waals surface area contributed by atoms with Gasteiger partial charge in [0.2, 0.25) is 0 Å². The Bertz CT molecular complexity index is 538. The third kappa shape index (κ3) is 2.70. The maximum Gasteiger partial charge on any atom is 0.165 e. The van der Waals surface area contributed by atoms with Crippen LogP contribution in [-0.2, 0) is 6.61 Å². The molecule has 0 fully saturated rings. The zero-order valence-corrected chi connectivity index (χ0v) is 11.0. The molecular formula is C16H17FO. The Morgan fingerprint density at radius 2 is 1.61 bits per heavy atom. The van der Waals surface area contributed by atoms with E-state index in [-0.39, 0.29) is 5.82 Å². The van der Waals surface area contributed by atoms with Gasteiger partial charge < -0.3 is 4.74 Å². The molecule has 0 heterocycles. The van der Waals surface area contributed by atoms with Crippen LogP contribution >= 0.6 is 0 Å². The van der Waals surface area contributed by atoms with Gasteiger partial charge in [0.25, 0.3) is 0 Å². The van der Waals surface area contributed by atoms with Crippen LogP contribution in [0.1, 0.15) is 22.3 Å². The summed E-state index contributed by atoms with van der Waals surface area (Å²) in [5.74, 6) is -0.0169. The van der Waals surface area contributed by atoms with E-state index >= 15 is 0 Å². The summed E-state index contributed by atoms with van der Waals surface area (Å²) in [5, 5.41) is 0. The van der Waals surface area contributed by atoms with E-state index in [0.717, 1.165) is 5.56 Å². The molecule has 2 aromatic carbocycles. The third-order valence-electron chi connectivity index (χ3n) is 3.05. The largest absolute Gasteiger partial charge is 0.486 e. The molecule has 0 aliphatic rings. The molecule has 0 atom stereocenters. The predicted molar refractivity (Wildman–Crippen MR) is 71.4 cm³/mol. The van der Waals surface area contributed by atoms with Crippen LogP contribution in [-0.4, -0.2) is 0 Å². The molecule has 0 saturated heterocycles. The van der Waals surface area contributed by atoms with E-state index in [1.54, 1.807) is 18.2 Å². The number of aryl methyl sites for hydroxylation is 3. The van der Waals surface area contributed by atoms with Crippen molar-refractivity contribution in [2.45, 2.75) is 27.4 Å². The van der Waals surface area contributed by atoms with Crippen LogP contribution < -0.4 is 4.74 Å². The van der Waals surface area contributed by atoms with Crippen molar-refractivity contribution in [3.63, 3.8) is 0 Å². The summed E-state index contributed by atoms with van der Waals surface area (Å²) in [6.45, 7) is 6.58. The van der Waals surface area contributed by atoms with Gasteiger partial charge in [0.15, 0.2) is 11.6 Å². The number of rotatable bonds is 3. The van der Waals surface area contributed by atoms with Gasteiger partial charge >= 0.3 is 0 Å². The molecule has 2 rings (SSSR count). The first-order valence-electron chi connectivity index (χ1n) is 6.02. The first-order chi connectivity index (χ1) is 8.58. The molecule has 18 heavy (non-hydrogen) atoms. The molecular weight excluding hydrogens is 227 g/mol. The van der Waals surface area contributed by atoms with Crippen LogP contribution in [0, 0.1) is 26.6 Å². The van der Waals surface area contributed by atoms with Crippen molar-refractivity contribution < 1.29 is 9.13 Å². The molecule has 0 amide bonds. The Labute approximate surface area is 107 Å². The summed E-state index contributed by atoms with van der Waals surface area (Å²) >= 11 is 0. The lowest BCUT2D eigenvalue weighted by atomic mass is 10.0. The highest BCUT2D eigenvalue weighted by Gasteiger charge is 2.07. The molecule has 0 unspecified atom stereocenters. The van der Waals surface area contributed by atoms with Gasteiger partial charge in [0.1, 0.15) is 6.61 Å². The fourth-order valence-corrected chi connectivity index (χ4v) is 2.15. The van der Waals surface area contributed by atoms with Crippen molar-refractivity contribution in [2.75, 3.05) is 0 Å². The Kier molecular flexibility index (Phi) is 3.66. The van der Waals surface area contributed by atoms with Gasteiger partial charge in [-0.05, 0) is 49.6 Å². The summed E-state index contributed by atoms with van der Waals surface area (Å²) in [5.41, 5.74) is 4.73. The summed E-state index contributed by atoms with van der Waals surface area (Å²) in [7, 11) is 0. The number of halogens is 1. The summed E-state index contributed by atoms with van der Waals surface area (Å²) in [6, 6.07) is 10.7. The molecule has 0 aromatic heterocycles. The van der Waals surface area contributed by atoms with Crippen LogP contribution in [0.15, 0.2) is 36.4 Å². The van der Waals surface area contributed by atoms with E-state index in [1.165, 1.54) is 22.8 Å². The Hall–Kier alpha value is -1.83. The second kappa shape index (κ2) is 5.21. The van der Waals surface area contributed by atoms with Crippen LogP contribution in [0.25, 0.3) is 0 Å². The molecule has 0 spiro atoms. The molecule has 0 bridgehead atoms. The minimum Gasteiger partial charge on any atom is -0.486 e. The topological polar surface area (TPSA) is 9.23 Å². The predicted octanol–water partition coefficient (Wildman–Crippen LogP) is 4.33. The van der Waals surface area contributed by atoms with E-state index in [2.05, 4.69) is 32.9 Å². The van der Waals surface area contributed by atoms with Crippen molar-refractivity contribution in [1.29, 1.82) is 0 Å². The highest BCUT2D eigenvalue weighted by molar-refractivity contribution is 5.37. The van der Waals surface area contributed by atoms with Gasteiger partial charge in [0, 0.05) is 0 Å². The van der Waals surface area contributed by atoms with Crippen molar-refractivity contribution in [3.8, 4) is 5.75 Å². The molecule has 0 aliphatic heterocycles. The number of hydrogen-bond acceptors (Lipinski definition) is 1. The highest BCUT2D eigenvalue weighted by atomic mass is 19.1. The molecule has 2 heteroatoms. The first kappa shape index (κ1) is 12.6. The number of hydrogen-bond donors (Lipinski definition) is 0. The van der Waals surface area contributed by atoms with Crippen molar-refractivity contribution in [2.24, 2.45) is 0 Å². The molecule has 0 aliphatic carbocycles. The van der Waals surface area contributed by atoms with Crippen LogP contribution in [0.3, 0.4) is 0 Å². The van der Waals surface area contributed by atoms with Gasteiger partial charge in [-0.3, -0.25) is 0 Å². The molecule has 0 saturated carbocycles. The summed E-state index contributed by atoms with van der Waals surface area (Å²) in [6.07, 6.45) is 0. The summed E-state index contributed by atoms with van der Waals surface area (Å²) < 4.78 is 19.0. The quantitative estimate of drug-likeness (QED) is 0.780. The molecule has 0 N–H and O–H groups in total. The Morgan fingerprint density at radius 3 is 2.22 bits per heavy atom. The first-order valence-corrected chi connectivity index (χ1v) is 6.02. The second-order valence-corrected chi connectivity index (χ2v) is 4.60. The lowest BCUT2D eigenvalue weighted by Crippen LogP contribution is -2.02. The smallest absolute Gasteiger partial charge is 0.165 e. The lowest BCUT2D eigenvalue weighted by molar-refractivity contribution is 0.289. The zero-order chi connectivity index (χ0) is 13.1. The fraction of sp³-hybridized carbons (Fsp3) is 0.250.